The molecule has 0 aliphatic heterocycles. The standard InChI is InChI=1S/C21H23N3O3S/c1-26-16-8-14(9-17(11-16)27-2)15-10-18-19(24-28-21(18)22-12-15)23-20(25)13-6-4-3-5-7-13/h8-13H,3-7H2,1-2H3,(H,23,24,25). The van der Waals surface area contributed by atoms with Crippen LogP contribution in [0.2, 0.25) is 0 Å². The van der Waals surface area contributed by atoms with E-state index in [4.69, 9.17) is 9.47 Å². The average molecular weight is 398 g/mol. The van der Waals surface area contributed by atoms with E-state index >= 15 is 0 Å². The molecule has 1 fully saturated rings. The fourth-order valence-corrected chi connectivity index (χ4v) is 4.31. The topological polar surface area (TPSA) is 73.3 Å². The predicted octanol–water partition coefficient (Wildman–Crippen LogP) is 4.89. The molecule has 4 rings (SSSR count). The van der Waals surface area contributed by atoms with Crippen LogP contribution in [0.3, 0.4) is 0 Å². The molecule has 6 nitrogen and oxygen atoms in total. The van der Waals surface area contributed by atoms with Crippen molar-refractivity contribution < 1.29 is 14.3 Å². The molecule has 2 heterocycles. The number of hydrogen-bond acceptors (Lipinski definition) is 6. The molecule has 28 heavy (non-hydrogen) atoms. The van der Waals surface area contributed by atoms with Crippen molar-refractivity contribution in [1.29, 1.82) is 0 Å². The molecule has 1 aromatic carbocycles. The van der Waals surface area contributed by atoms with E-state index in [9.17, 15) is 4.79 Å². The molecule has 1 aliphatic carbocycles. The van der Waals surface area contributed by atoms with Gasteiger partial charge >= 0.3 is 0 Å². The Labute approximate surface area is 168 Å². The summed E-state index contributed by atoms with van der Waals surface area (Å²) in [6.45, 7) is 0. The number of pyridine rings is 1. The number of anilines is 1. The highest BCUT2D eigenvalue weighted by Gasteiger charge is 2.22. The van der Waals surface area contributed by atoms with Crippen LogP contribution in [0.1, 0.15) is 32.1 Å². The van der Waals surface area contributed by atoms with Crippen LogP contribution in [0.15, 0.2) is 30.5 Å². The second-order valence-corrected chi connectivity index (χ2v) is 7.79. The summed E-state index contributed by atoms with van der Waals surface area (Å²) >= 11 is 1.30. The van der Waals surface area contributed by atoms with Crippen LogP contribution in [-0.2, 0) is 4.79 Å². The molecule has 3 aromatic rings. The minimum atomic E-state index is 0.0698. The lowest BCUT2D eigenvalue weighted by molar-refractivity contribution is -0.120. The van der Waals surface area contributed by atoms with Crippen molar-refractivity contribution in [3.8, 4) is 22.6 Å². The lowest BCUT2D eigenvalue weighted by atomic mass is 9.89. The van der Waals surface area contributed by atoms with Gasteiger partial charge in [0.2, 0.25) is 5.91 Å². The third-order valence-electron chi connectivity index (χ3n) is 5.23. The molecule has 1 saturated carbocycles. The van der Waals surface area contributed by atoms with Crippen LogP contribution >= 0.6 is 11.5 Å². The number of benzene rings is 1. The summed E-state index contributed by atoms with van der Waals surface area (Å²) in [5.41, 5.74) is 1.85. The van der Waals surface area contributed by atoms with Crippen molar-refractivity contribution in [3.05, 3.63) is 30.5 Å². The Balaban J connectivity index is 1.65. The van der Waals surface area contributed by atoms with Gasteiger partial charge in [0.25, 0.3) is 0 Å². The van der Waals surface area contributed by atoms with Crippen molar-refractivity contribution in [2.45, 2.75) is 32.1 Å². The first-order valence-electron chi connectivity index (χ1n) is 9.47. The van der Waals surface area contributed by atoms with Gasteiger partial charge in [0.15, 0.2) is 5.82 Å². The molecule has 2 aromatic heterocycles. The molecule has 1 N–H and O–H groups in total. The molecular formula is C21H23N3O3S. The number of carbonyl (C=O) groups is 1. The largest absolute Gasteiger partial charge is 0.497 e. The summed E-state index contributed by atoms with van der Waals surface area (Å²) in [4.78, 5) is 18.0. The number of amides is 1. The van der Waals surface area contributed by atoms with Gasteiger partial charge in [-0.15, -0.1) is 0 Å². The third kappa shape index (κ3) is 3.80. The van der Waals surface area contributed by atoms with Crippen LogP contribution in [0.4, 0.5) is 5.82 Å². The Bertz CT molecular complexity index is 973. The summed E-state index contributed by atoms with van der Waals surface area (Å²) < 4.78 is 15.2. The number of aromatic nitrogens is 2. The summed E-state index contributed by atoms with van der Waals surface area (Å²) in [5, 5.41) is 3.88. The second-order valence-electron chi connectivity index (χ2n) is 7.03. The highest BCUT2D eigenvalue weighted by Crippen LogP contribution is 2.34. The monoisotopic (exact) mass is 397 g/mol. The van der Waals surface area contributed by atoms with E-state index in [1.807, 2.05) is 30.5 Å². The predicted molar refractivity (Wildman–Crippen MR) is 111 cm³/mol. The number of ether oxygens (including phenoxy) is 2. The average Bonchev–Trinajstić information content (AvgIpc) is 3.15. The van der Waals surface area contributed by atoms with Gasteiger partial charge in [-0.25, -0.2) is 4.98 Å². The van der Waals surface area contributed by atoms with Crippen LogP contribution in [0.5, 0.6) is 11.5 Å². The van der Waals surface area contributed by atoms with Gasteiger partial charge < -0.3 is 14.8 Å². The number of nitrogens with zero attached hydrogens (tertiary/aromatic N) is 2. The summed E-state index contributed by atoms with van der Waals surface area (Å²) in [6, 6.07) is 7.71. The van der Waals surface area contributed by atoms with Gasteiger partial charge in [0.05, 0.1) is 19.6 Å². The van der Waals surface area contributed by atoms with Crippen molar-refractivity contribution >= 4 is 33.5 Å². The van der Waals surface area contributed by atoms with Crippen LogP contribution in [-0.4, -0.2) is 29.5 Å². The van der Waals surface area contributed by atoms with Crippen LogP contribution in [0.25, 0.3) is 21.3 Å². The Kier molecular flexibility index (Phi) is 5.43. The molecule has 0 unspecified atom stereocenters. The number of methoxy groups -OCH3 is 2. The molecule has 146 valence electrons. The Morgan fingerprint density at radius 3 is 2.43 bits per heavy atom. The first-order valence-corrected chi connectivity index (χ1v) is 10.2. The zero-order valence-electron chi connectivity index (χ0n) is 16.0. The fourth-order valence-electron chi connectivity index (χ4n) is 3.64. The van der Waals surface area contributed by atoms with Crippen molar-refractivity contribution in [2.75, 3.05) is 19.5 Å². The Morgan fingerprint density at radius 2 is 1.75 bits per heavy atom. The minimum Gasteiger partial charge on any atom is -0.497 e. The van der Waals surface area contributed by atoms with E-state index in [0.717, 1.165) is 47.0 Å². The maximum absolute atomic E-state index is 12.6. The summed E-state index contributed by atoms with van der Waals surface area (Å²) in [5.74, 6) is 2.18. The van der Waals surface area contributed by atoms with Crippen molar-refractivity contribution in [1.82, 2.24) is 9.36 Å². The maximum Gasteiger partial charge on any atom is 0.228 e. The van der Waals surface area contributed by atoms with E-state index in [2.05, 4.69) is 14.7 Å². The summed E-state index contributed by atoms with van der Waals surface area (Å²) in [6.07, 6.45) is 7.20. The molecule has 0 bridgehead atoms. The highest BCUT2D eigenvalue weighted by atomic mass is 32.1. The van der Waals surface area contributed by atoms with Gasteiger partial charge in [-0.3, -0.25) is 4.79 Å². The van der Waals surface area contributed by atoms with E-state index < -0.39 is 0 Å². The quantitative estimate of drug-likeness (QED) is 0.663. The zero-order chi connectivity index (χ0) is 19.5. The van der Waals surface area contributed by atoms with Crippen molar-refractivity contribution in [2.24, 2.45) is 5.92 Å². The number of fused-ring (bicyclic) bond motifs is 1. The summed E-state index contributed by atoms with van der Waals surface area (Å²) in [7, 11) is 3.25. The lowest BCUT2D eigenvalue weighted by Gasteiger charge is -2.20. The molecule has 0 spiro atoms. The highest BCUT2D eigenvalue weighted by molar-refractivity contribution is 7.13. The van der Waals surface area contributed by atoms with Gasteiger partial charge in [0, 0.05) is 23.7 Å². The number of nitrogens with one attached hydrogen (secondary N) is 1. The minimum absolute atomic E-state index is 0.0698. The van der Waals surface area contributed by atoms with Gasteiger partial charge in [-0.1, -0.05) is 19.3 Å². The van der Waals surface area contributed by atoms with Gasteiger partial charge in [-0.05, 0) is 48.1 Å². The van der Waals surface area contributed by atoms with Gasteiger partial charge in [-0.2, -0.15) is 4.37 Å². The smallest absolute Gasteiger partial charge is 0.228 e. The van der Waals surface area contributed by atoms with Crippen molar-refractivity contribution in [3.63, 3.8) is 0 Å². The van der Waals surface area contributed by atoms with Crippen LogP contribution < -0.4 is 14.8 Å². The SMILES string of the molecule is COc1cc(OC)cc(-c2cnc3snc(NC(=O)C4CCCCC4)c3c2)c1. The maximum atomic E-state index is 12.6. The Hall–Kier alpha value is -2.67. The van der Waals surface area contributed by atoms with E-state index in [1.54, 1.807) is 14.2 Å². The molecule has 0 atom stereocenters. The Morgan fingerprint density at radius 1 is 1.04 bits per heavy atom. The second kappa shape index (κ2) is 8.14. The normalized spacial score (nSPS) is 14.8. The van der Waals surface area contributed by atoms with E-state index in [1.165, 1.54) is 18.0 Å². The third-order valence-corrected chi connectivity index (χ3v) is 6.00. The first kappa shape index (κ1) is 18.7. The zero-order valence-corrected chi connectivity index (χ0v) is 16.8. The number of rotatable bonds is 5. The first-order chi connectivity index (χ1) is 13.7. The molecule has 1 amide bonds. The molecule has 1 aliphatic rings. The molecule has 7 heteroatoms. The van der Waals surface area contributed by atoms with E-state index in [0.29, 0.717) is 17.3 Å². The van der Waals surface area contributed by atoms with E-state index in [-0.39, 0.29) is 11.8 Å². The number of hydrogen-bond donors (Lipinski definition) is 1. The molecule has 0 radical (unpaired) electrons. The molecular weight excluding hydrogens is 374 g/mol. The van der Waals surface area contributed by atoms with Crippen LogP contribution in [0, 0.1) is 5.92 Å². The van der Waals surface area contributed by atoms with Gasteiger partial charge in [0.1, 0.15) is 16.3 Å². The molecule has 0 saturated heterocycles. The fraction of sp³-hybridized carbons (Fsp3) is 0.381. The lowest BCUT2D eigenvalue weighted by Crippen LogP contribution is -2.24. The number of carbonyl (C=O) groups excluding carboxylic acids is 1.